The van der Waals surface area contributed by atoms with Crippen LogP contribution in [0.3, 0.4) is 0 Å². The third-order valence-electron chi connectivity index (χ3n) is 5.72. The Balaban J connectivity index is 1.66. The monoisotopic (exact) mass is 420 g/mol. The number of rotatable bonds is 9. The maximum absolute atomic E-state index is 14.8. The Kier molecular flexibility index (Phi) is 8.34. The zero-order chi connectivity index (χ0) is 21.5. The highest BCUT2D eigenvalue weighted by Crippen LogP contribution is 2.34. The van der Waals surface area contributed by atoms with Gasteiger partial charge < -0.3 is 9.47 Å². The third-order valence-corrected chi connectivity index (χ3v) is 5.72. The second kappa shape index (κ2) is 11.0. The van der Waals surface area contributed by atoms with Crippen LogP contribution in [0.1, 0.15) is 69.4 Å². The molecule has 0 aliphatic carbocycles. The van der Waals surface area contributed by atoms with Gasteiger partial charge in [0.15, 0.2) is 17.9 Å². The summed E-state index contributed by atoms with van der Waals surface area (Å²) in [6.45, 7) is 5.22. The molecule has 0 N–H and O–H groups in total. The van der Waals surface area contributed by atoms with Crippen molar-refractivity contribution in [1.82, 2.24) is 0 Å². The molecular formula is C25H31F3O2. The molecule has 0 bridgehead atoms. The molecule has 2 atom stereocenters. The van der Waals surface area contributed by atoms with Crippen molar-refractivity contribution in [3.63, 3.8) is 0 Å². The second-order valence-electron chi connectivity index (χ2n) is 8.00. The lowest BCUT2D eigenvalue weighted by molar-refractivity contribution is -0.167. The fourth-order valence-corrected chi connectivity index (χ4v) is 3.95. The van der Waals surface area contributed by atoms with Gasteiger partial charge >= 0.3 is 0 Å². The van der Waals surface area contributed by atoms with Gasteiger partial charge in [-0.2, -0.15) is 0 Å². The Hall–Kier alpha value is -1.85. The number of ether oxygens (including phenoxy) is 2. The van der Waals surface area contributed by atoms with Gasteiger partial charge in [-0.1, -0.05) is 57.4 Å². The van der Waals surface area contributed by atoms with Gasteiger partial charge in [0.2, 0.25) is 0 Å². The third kappa shape index (κ3) is 5.44. The molecule has 2 aromatic rings. The SMILES string of the molecule is CCCCCOC1CCC(c2ccc(-c3ccc(CCC)c(F)c3F)c(F)c2)CO1. The van der Waals surface area contributed by atoms with E-state index in [1.54, 1.807) is 12.1 Å². The van der Waals surface area contributed by atoms with Crippen LogP contribution in [0.4, 0.5) is 13.2 Å². The van der Waals surface area contributed by atoms with E-state index in [-0.39, 0.29) is 23.3 Å². The summed E-state index contributed by atoms with van der Waals surface area (Å²) in [7, 11) is 0. The van der Waals surface area contributed by atoms with Gasteiger partial charge in [0.1, 0.15) is 5.82 Å². The Morgan fingerprint density at radius 1 is 0.933 bits per heavy atom. The van der Waals surface area contributed by atoms with Gasteiger partial charge in [0.05, 0.1) is 6.61 Å². The van der Waals surface area contributed by atoms with Crippen molar-refractivity contribution in [3.8, 4) is 11.1 Å². The van der Waals surface area contributed by atoms with Crippen molar-refractivity contribution in [2.75, 3.05) is 13.2 Å². The minimum atomic E-state index is -0.989. The Bertz CT molecular complexity index is 829. The maximum Gasteiger partial charge on any atom is 0.167 e. The molecule has 164 valence electrons. The zero-order valence-corrected chi connectivity index (χ0v) is 17.9. The fraction of sp³-hybridized carbons (Fsp3) is 0.520. The number of halogens is 3. The largest absolute Gasteiger partial charge is 0.353 e. The molecule has 0 amide bonds. The van der Waals surface area contributed by atoms with E-state index in [9.17, 15) is 13.2 Å². The van der Waals surface area contributed by atoms with Gasteiger partial charge in [-0.3, -0.25) is 0 Å². The van der Waals surface area contributed by atoms with Crippen LogP contribution in [0.15, 0.2) is 30.3 Å². The topological polar surface area (TPSA) is 18.5 Å². The molecule has 0 aromatic heterocycles. The lowest BCUT2D eigenvalue weighted by Crippen LogP contribution is -2.27. The van der Waals surface area contributed by atoms with Crippen molar-refractivity contribution in [3.05, 3.63) is 58.9 Å². The normalized spacial score (nSPS) is 19.2. The number of hydrogen-bond donors (Lipinski definition) is 0. The highest BCUT2D eigenvalue weighted by molar-refractivity contribution is 5.66. The van der Waals surface area contributed by atoms with E-state index in [1.807, 2.05) is 6.92 Å². The Labute approximate surface area is 177 Å². The molecule has 2 aromatic carbocycles. The van der Waals surface area contributed by atoms with Crippen molar-refractivity contribution in [1.29, 1.82) is 0 Å². The smallest absolute Gasteiger partial charge is 0.167 e. The minimum Gasteiger partial charge on any atom is -0.353 e. The molecule has 3 rings (SSSR count). The Morgan fingerprint density at radius 2 is 1.73 bits per heavy atom. The molecule has 0 saturated carbocycles. The molecule has 2 nitrogen and oxygen atoms in total. The first-order valence-corrected chi connectivity index (χ1v) is 11.0. The lowest BCUT2D eigenvalue weighted by atomic mass is 9.91. The maximum atomic E-state index is 14.8. The van der Waals surface area contributed by atoms with E-state index in [1.165, 1.54) is 18.2 Å². The molecule has 30 heavy (non-hydrogen) atoms. The molecule has 1 aliphatic heterocycles. The summed E-state index contributed by atoms with van der Waals surface area (Å²) in [4.78, 5) is 0. The summed E-state index contributed by atoms with van der Waals surface area (Å²) in [5.41, 5.74) is 1.16. The highest BCUT2D eigenvalue weighted by atomic mass is 19.2. The van der Waals surface area contributed by atoms with Gasteiger partial charge in [-0.15, -0.1) is 0 Å². The molecule has 5 heteroatoms. The molecule has 1 aliphatic rings. The number of unbranched alkanes of at least 4 members (excludes halogenated alkanes) is 2. The molecule has 0 spiro atoms. The number of hydrogen-bond acceptors (Lipinski definition) is 2. The van der Waals surface area contributed by atoms with Crippen molar-refractivity contribution < 1.29 is 22.6 Å². The van der Waals surface area contributed by atoms with Crippen LogP contribution in [0.5, 0.6) is 0 Å². The van der Waals surface area contributed by atoms with E-state index < -0.39 is 17.5 Å². The summed E-state index contributed by atoms with van der Waals surface area (Å²) in [6, 6.07) is 7.75. The first-order valence-electron chi connectivity index (χ1n) is 11.0. The van der Waals surface area contributed by atoms with E-state index >= 15 is 0 Å². The Morgan fingerprint density at radius 3 is 2.40 bits per heavy atom. The molecule has 1 saturated heterocycles. The van der Waals surface area contributed by atoms with E-state index in [0.717, 1.165) is 37.7 Å². The molecule has 2 unspecified atom stereocenters. The van der Waals surface area contributed by atoms with Gasteiger partial charge in [-0.05, 0) is 42.9 Å². The van der Waals surface area contributed by atoms with Crippen LogP contribution in [-0.2, 0) is 15.9 Å². The summed E-state index contributed by atoms with van der Waals surface area (Å²) in [5, 5.41) is 0. The van der Waals surface area contributed by atoms with Crippen LogP contribution in [0, 0.1) is 17.5 Å². The minimum absolute atomic E-state index is 0.0446. The highest BCUT2D eigenvalue weighted by Gasteiger charge is 2.25. The van der Waals surface area contributed by atoms with E-state index in [4.69, 9.17) is 9.47 Å². The number of benzene rings is 2. The fourth-order valence-electron chi connectivity index (χ4n) is 3.95. The lowest BCUT2D eigenvalue weighted by Gasteiger charge is -2.29. The van der Waals surface area contributed by atoms with Crippen LogP contribution in [0.25, 0.3) is 11.1 Å². The summed E-state index contributed by atoms with van der Waals surface area (Å²) < 4.78 is 55.2. The van der Waals surface area contributed by atoms with Gasteiger partial charge in [0, 0.05) is 23.7 Å². The standard InChI is InChI=1S/C25H31F3O2/c1-3-5-6-14-29-23-13-10-19(16-30-23)18-9-11-20(22(26)15-18)21-12-8-17(7-4-2)24(27)25(21)28/h8-9,11-12,15,19,23H,3-7,10,13-14,16H2,1-2H3. The zero-order valence-electron chi connectivity index (χ0n) is 17.9. The number of aryl methyl sites for hydroxylation is 1. The molecular weight excluding hydrogens is 389 g/mol. The van der Waals surface area contributed by atoms with Crippen LogP contribution < -0.4 is 0 Å². The molecule has 1 fully saturated rings. The summed E-state index contributed by atoms with van der Waals surface area (Å²) in [5.74, 6) is -2.36. The van der Waals surface area contributed by atoms with E-state index in [0.29, 0.717) is 31.6 Å². The summed E-state index contributed by atoms with van der Waals surface area (Å²) >= 11 is 0. The van der Waals surface area contributed by atoms with Gasteiger partial charge in [-0.25, -0.2) is 13.2 Å². The molecule has 1 heterocycles. The van der Waals surface area contributed by atoms with Crippen molar-refractivity contribution >= 4 is 0 Å². The quantitative estimate of drug-likeness (QED) is 0.401. The first kappa shape index (κ1) is 22.8. The second-order valence-corrected chi connectivity index (χ2v) is 8.00. The van der Waals surface area contributed by atoms with Gasteiger partial charge in [0.25, 0.3) is 0 Å². The summed E-state index contributed by atoms with van der Waals surface area (Å²) in [6.07, 6.45) is 5.90. The average Bonchev–Trinajstić information content (AvgIpc) is 2.76. The first-order chi connectivity index (χ1) is 14.5. The van der Waals surface area contributed by atoms with Crippen LogP contribution in [-0.4, -0.2) is 19.5 Å². The van der Waals surface area contributed by atoms with Crippen LogP contribution in [0.2, 0.25) is 0 Å². The van der Waals surface area contributed by atoms with Crippen LogP contribution >= 0.6 is 0 Å². The predicted octanol–water partition coefficient (Wildman–Crippen LogP) is 7.15. The van der Waals surface area contributed by atoms with E-state index in [2.05, 4.69) is 6.92 Å². The van der Waals surface area contributed by atoms with Crippen molar-refractivity contribution in [2.24, 2.45) is 0 Å². The predicted molar refractivity (Wildman–Crippen MR) is 113 cm³/mol. The molecule has 0 radical (unpaired) electrons. The van der Waals surface area contributed by atoms with Crippen molar-refractivity contribution in [2.45, 2.75) is 71.0 Å². The average molecular weight is 421 g/mol.